The minimum absolute atomic E-state index is 0.120. The standard InChI is InChI=1S/C24H32N2O2/c1-18-6-4-8-21(16-18)17-26-13-10-22(11-14-26)24(27)25-12-15-28-23-9-5-7-19(2)20(23)3/h4-9,16,22H,10-15,17H2,1-3H3,(H,25,27). The van der Waals surface area contributed by atoms with E-state index in [0.717, 1.165) is 43.8 Å². The Morgan fingerprint density at radius 1 is 1.11 bits per heavy atom. The number of benzene rings is 2. The van der Waals surface area contributed by atoms with Gasteiger partial charge in [0.2, 0.25) is 5.91 Å². The Hall–Kier alpha value is -2.33. The molecule has 150 valence electrons. The van der Waals surface area contributed by atoms with Crippen LogP contribution in [0, 0.1) is 26.7 Å². The highest BCUT2D eigenvalue weighted by Crippen LogP contribution is 2.21. The van der Waals surface area contributed by atoms with Crippen LogP contribution in [0.4, 0.5) is 0 Å². The van der Waals surface area contributed by atoms with E-state index >= 15 is 0 Å². The average molecular weight is 381 g/mol. The third kappa shape index (κ3) is 5.59. The zero-order valence-corrected chi connectivity index (χ0v) is 17.3. The van der Waals surface area contributed by atoms with Crippen LogP contribution >= 0.6 is 0 Å². The second-order valence-electron chi connectivity index (χ2n) is 7.88. The number of hydrogen-bond acceptors (Lipinski definition) is 3. The molecule has 28 heavy (non-hydrogen) atoms. The smallest absolute Gasteiger partial charge is 0.223 e. The van der Waals surface area contributed by atoms with Crippen LogP contribution in [-0.4, -0.2) is 37.0 Å². The molecule has 1 fully saturated rings. The lowest BCUT2D eigenvalue weighted by Gasteiger charge is -2.31. The van der Waals surface area contributed by atoms with Gasteiger partial charge in [-0.3, -0.25) is 9.69 Å². The molecular weight excluding hydrogens is 348 g/mol. The maximum absolute atomic E-state index is 12.5. The van der Waals surface area contributed by atoms with Crippen LogP contribution in [0.2, 0.25) is 0 Å². The molecule has 0 aromatic heterocycles. The van der Waals surface area contributed by atoms with Crippen LogP contribution in [0.1, 0.15) is 35.1 Å². The second-order valence-corrected chi connectivity index (χ2v) is 7.88. The van der Waals surface area contributed by atoms with Crippen molar-refractivity contribution in [2.75, 3.05) is 26.2 Å². The number of ether oxygens (including phenoxy) is 1. The highest BCUT2D eigenvalue weighted by molar-refractivity contribution is 5.78. The van der Waals surface area contributed by atoms with Gasteiger partial charge in [-0.25, -0.2) is 0 Å². The Balaban J connectivity index is 1.36. The third-order valence-corrected chi connectivity index (χ3v) is 5.66. The van der Waals surface area contributed by atoms with Gasteiger partial charge in [-0.2, -0.15) is 0 Å². The average Bonchev–Trinajstić information content (AvgIpc) is 2.69. The molecule has 1 amide bonds. The van der Waals surface area contributed by atoms with E-state index in [0.29, 0.717) is 13.2 Å². The summed E-state index contributed by atoms with van der Waals surface area (Å²) in [7, 11) is 0. The molecule has 0 atom stereocenters. The van der Waals surface area contributed by atoms with Crippen molar-refractivity contribution in [1.29, 1.82) is 0 Å². The highest BCUT2D eigenvalue weighted by atomic mass is 16.5. The normalized spacial score (nSPS) is 15.4. The molecule has 1 saturated heterocycles. The van der Waals surface area contributed by atoms with E-state index in [4.69, 9.17) is 4.74 Å². The summed E-state index contributed by atoms with van der Waals surface area (Å²) in [5, 5.41) is 3.05. The molecule has 0 radical (unpaired) electrons. The van der Waals surface area contributed by atoms with E-state index in [-0.39, 0.29) is 11.8 Å². The van der Waals surface area contributed by atoms with Gasteiger partial charge in [0.1, 0.15) is 12.4 Å². The number of aryl methyl sites for hydroxylation is 2. The number of hydrogen-bond donors (Lipinski definition) is 1. The lowest BCUT2D eigenvalue weighted by molar-refractivity contribution is -0.126. The maximum Gasteiger partial charge on any atom is 0.223 e. The summed E-state index contributed by atoms with van der Waals surface area (Å²) in [5.74, 6) is 1.19. The molecule has 1 aliphatic rings. The fraction of sp³-hybridized carbons (Fsp3) is 0.458. The van der Waals surface area contributed by atoms with Gasteiger partial charge >= 0.3 is 0 Å². The SMILES string of the molecule is Cc1cccc(CN2CCC(C(=O)NCCOc3cccc(C)c3C)CC2)c1. The van der Waals surface area contributed by atoms with Gasteiger partial charge < -0.3 is 10.1 Å². The fourth-order valence-electron chi connectivity index (χ4n) is 3.78. The van der Waals surface area contributed by atoms with Crippen molar-refractivity contribution < 1.29 is 9.53 Å². The fourth-order valence-corrected chi connectivity index (χ4v) is 3.78. The summed E-state index contributed by atoms with van der Waals surface area (Å²) in [6.45, 7) is 10.3. The van der Waals surface area contributed by atoms with E-state index in [9.17, 15) is 4.79 Å². The lowest BCUT2D eigenvalue weighted by Crippen LogP contribution is -2.41. The van der Waals surface area contributed by atoms with Crippen LogP contribution in [-0.2, 0) is 11.3 Å². The van der Waals surface area contributed by atoms with Crippen molar-refractivity contribution >= 4 is 5.91 Å². The number of nitrogens with zero attached hydrogens (tertiary/aromatic N) is 1. The monoisotopic (exact) mass is 380 g/mol. The van der Waals surface area contributed by atoms with Crippen LogP contribution in [0.25, 0.3) is 0 Å². The summed E-state index contributed by atoms with van der Waals surface area (Å²) in [6, 6.07) is 14.7. The zero-order valence-electron chi connectivity index (χ0n) is 17.3. The minimum Gasteiger partial charge on any atom is -0.491 e. The molecule has 0 aliphatic carbocycles. The number of rotatable bonds is 7. The summed E-state index contributed by atoms with van der Waals surface area (Å²) >= 11 is 0. The van der Waals surface area contributed by atoms with E-state index in [2.05, 4.69) is 61.3 Å². The lowest BCUT2D eigenvalue weighted by atomic mass is 9.95. The van der Waals surface area contributed by atoms with E-state index in [1.165, 1.54) is 16.7 Å². The van der Waals surface area contributed by atoms with E-state index in [1.54, 1.807) is 0 Å². The molecule has 4 nitrogen and oxygen atoms in total. The van der Waals surface area contributed by atoms with Gasteiger partial charge in [-0.05, 0) is 69.5 Å². The molecule has 1 aliphatic heterocycles. The molecule has 0 unspecified atom stereocenters. The van der Waals surface area contributed by atoms with Crippen molar-refractivity contribution in [3.63, 3.8) is 0 Å². The molecule has 2 aromatic carbocycles. The third-order valence-electron chi connectivity index (χ3n) is 5.66. The Labute approximate surface area is 168 Å². The van der Waals surface area contributed by atoms with Gasteiger partial charge in [0, 0.05) is 12.5 Å². The van der Waals surface area contributed by atoms with Crippen molar-refractivity contribution in [2.24, 2.45) is 5.92 Å². The van der Waals surface area contributed by atoms with Gasteiger partial charge in [0.05, 0.1) is 6.54 Å². The number of likely N-dealkylation sites (tertiary alicyclic amines) is 1. The molecule has 0 spiro atoms. The van der Waals surface area contributed by atoms with Crippen LogP contribution in [0.15, 0.2) is 42.5 Å². The highest BCUT2D eigenvalue weighted by Gasteiger charge is 2.24. The largest absolute Gasteiger partial charge is 0.491 e. The first kappa shape index (κ1) is 20.4. The van der Waals surface area contributed by atoms with Gasteiger partial charge in [-0.1, -0.05) is 42.0 Å². The van der Waals surface area contributed by atoms with Gasteiger partial charge in [0.15, 0.2) is 0 Å². The molecule has 2 aromatic rings. The predicted molar refractivity (Wildman–Crippen MR) is 114 cm³/mol. The van der Waals surface area contributed by atoms with E-state index in [1.807, 2.05) is 12.1 Å². The Morgan fingerprint density at radius 2 is 1.86 bits per heavy atom. The Kier molecular flexibility index (Phi) is 7.10. The number of nitrogens with one attached hydrogen (secondary N) is 1. The number of amides is 1. The first-order chi connectivity index (χ1) is 13.5. The molecule has 0 saturated carbocycles. The molecule has 0 bridgehead atoms. The van der Waals surface area contributed by atoms with E-state index < -0.39 is 0 Å². The van der Waals surface area contributed by atoms with Crippen LogP contribution in [0.3, 0.4) is 0 Å². The first-order valence-corrected chi connectivity index (χ1v) is 10.3. The quantitative estimate of drug-likeness (QED) is 0.738. The molecule has 1 heterocycles. The van der Waals surface area contributed by atoms with Gasteiger partial charge in [0.25, 0.3) is 0 Å². The summed E-state index contributed by atoms with van der Waals surface area (Å²) in [5.41, 5.74) is 5.04. The zero-order chi connectivity index (χ0) is 19.9. The minimum atomic E-state index is 0.120. The Morgan fingerprint density at radius 3 is 2.61 bits per heavy atom. The van der Waals surface area contributed by atoms with Crippen molar-refractivity contribution in [3.05, 3.63) is 64.7 Å². The number of carbonyl (C=O) groups excluding carboxylic acids is 1. The number of carbonyl (C=O) groups is 1. The van der Waals surface area contributed by atoms with Crippen LogP contribution in [0.5, 0.6) is 5.75 Å². The second kappa shape index (κ2) is 9.74. The molecule has 3 rings (SSSR count). The molecule has 1 N–H and O–H groups in total. The van der Waals surface area contributed by atoms with Crippen molar-refractivity contribution in [1.82, 2.24) is 10.2 Å². The Bertz CT molecular complexity index is 795. The maximum atomic E-state index is 12.5. The molecular formula is C24H32N2O2. The van der Waals surface area contributed by atoms with Crippen LogP contribution < -0.4 is 10.1 Å². The predicted octanol–water partition coefficient (Wildman–Crippen LogP) is 4.02. The van der Waals surface area contributed by atoms with Crippen molar-refractivity contribution in [2.45, 2.75) is 40.2 Å². The summed E-state index contributed by atoms with van der Waals surface area (Å²) in [6.07, 6.45) is 1.85. The summed E-state index contributed by atoms with van der Waals surface area (Å²) in [4.78, 5) is 14.9. The number of piperidine rings is 1. The first-order valence-electron chi connectivity index (χ1n) is 10.3. The summed E-state index contributed by atoms with van der Waals surface area (Å²) < 4.78 is 5.83. The molecule has 4 heteroatoms. The van der Waals surface area contributed by atoms with Crippen molar-refractivity contribution in [3.8, 4) is 5.75 Å². The topological polar surface area (TPSA) is 41.6 Å². The van der Waals surface area contributed by atoms with Gasteiger partial charge in [-0.15, -0.1) is 0 Å².